The molecule has 1 aliphatic heterocycles. The zero-order valence-corrected chi connectivity index (χ0v) is 12.1. The van der Waals surface area contributed by atoms with Crippen molar-refractivity contribution in [3.63, 3.8) is 0 Å². The molecule has 1 atom stereocenters. The van der Waals surface area contributed by atoms with Gasteiger partial charge in [0.05, 0.1) is 5.60 Å². The first kappa shape index (κ1) is 14.3. The zero-order chi connectivity index (χ0) is 13.2. The summed E-state index contributed by atoms with van der Waals surface area (Å²) in [6, 6.07) is 0.588. The number of nitrogens with zero attached hydrogens (tertiary/aromatic N) is 1. The number of aliphatic hydroxyl groups is 1. The van der Waals surface area contributed by atoms with Gasteiger partial charge in [0, 0.05) is 24.5 Å². The van der Waals surface area contributed by atoms with E-state index in [0.29, 0.717) is 12.6 Å². The van der Waals surface area contributed by atoms with Gasteiger partial charge in [0.25, 0.3) is 0 Å². The number of hydrogen-bond acceptors (Lipinski definition) is 3. The van der Waals surface area contributed by atoms with Crippen molar-refractivity contribution in [2.75, 3.05) is 19.6 Å². The van der Waals surface area contributed by atoms with Crippen LogP contribution in [0.15, 0.2) is 0 Å². The average Bonchev–Trinajstić information content (AvgIpc) is 2.75. The van der Waals surface area contributed by atoms with E-state index in [4.69, 9.17) is 5.73 Å². The normalized spacial score (nSPS) is 33.8. The summed E-state index contributed by atoms with van der Waals surface area (Å²) in [6.07, 6.45) is 7.69. The molecule has 1 aliphatic carbocycles. The van der Waals surface area contributed by atoms with Crippen LogP contribution >= 0.6 is 0 Å². The van der Waals surface area contributed by atoms with E-state index in [-0.39, 0.29) is 5.41 Å². The Hall–Kier alpha value is -0.120. The van der Waals surface area contributed by atoms with Crippen molar-refractivity contribution in [2.45, 2.75) is 70.4 Å². The first-order chi connectivity index (χ1) is 8.53. The average molecular weight is 254 g/mol. The van der Waals surface area contributed by atoms with Crippen molar-refractivity contribution in [2.24, 2.45) is 11.1 Å². The highest BCUT2D eigenvalue weighted by atomic mass is 16.3. The van der Waals surface area contributed by atoms with Gasteiger partial charge in [0.2, 0.25) is 0 Å². The predicted octanol–water partition coefficient (Wildman–Crippen LogP) is 2.13. The highest BCUT2D eigenvalue weighted by Crippen LogP contribution is 2.50. The molecule has 106 valence electrons. The lowest BCUT2D eigenvalue weighted by molar-refractivity contribution is -0.0886. The monoisotopic (exact) mass is 254 g/mol. The molecule has 18 heavy (non-hydrogen) atoms. The standard InChI is InChI=1S/C15H30N2O/c1-13(2)17-10-5-8-15(18,9-11-17)14(12-16)6-3-4-7-14/h13,18H,3-12,16H2,1-2H3. The van der Waals surface area contributed by atoms with E-state index in [0.717, 1.165) is 45.2 Å². The summed E-state index contributed by atoms with van der Waals surface area (Å²) in [4.78, 5) is 2.50. The van der Waals surface area contributed by atoms with Crippen LogP contribution < -0.4 is 5.73 Å². The molecule has 3 N–H and O–H groups in total. The van der Waals surface area contributed by atoms with Gasteiger partial charge in [-0.1, -0.05) is 12.8 Å². The van der Waals surface area contributed by atoms with Crippen molar-refractivity contribution < 1.29 is 5.11 Å². The minimum Gasteiger partial charge on any atom is -0.389 e. The molecule has 1 unspecified atom stereocenters. The van der Waals surface area contributed by atoms with Gasteiger partial charge in [-0.25, -0.2) is 0 Å². The Morgan fingerprint density at radius 1 is 1.06 bits per heavy atom. The number of rotatable bonds is 3. The third kappa shape index (κ3) is 2.45. The number of nitrogens with two attached hydrogens (primary N) is 1. The molecule has 0 amide bonds. The van der Waals surface area contributed by atoms with Crippen molar-refractivity contribution in [1.82, 2.24) is 4.90 Å². The second-order valence-corrected chi connectivity index (χ2v) is 6.71. The molecule has 1 saturated heterocycles. The lowest BCUT2D eigenvalue weighted by atomic mass is 9.67. The second kappa shape index (κ2) is 5.48. The summed E-state index contributed by atoms with van der Waals surface area (Å²) in [5.41, 5.74) is 5.56. The lowest BCUT2D eigenvalue weighted by Crippen LogP contribution is -2.51. The highest BCUT2D eigenvalue weighted by Gasteiger charge is 2.50. The Bertz CT molecular complexity index is 274. The van der Waals surface area contributed by atoms with Crippen molar-refractivity contribution in [3.8, 4) is 0 Å². The maximum absolute atomic E-state index is 11.2. The van der Waals surface area contributed by atoms with Crippen LogP contribution in [0.1, 0.15) is 58.8 Å². The van der Waals surface area contributed by atoms with Gasteiger partial charge in [-0.15, -0.1) is 0 Å². The molecule has 0 radical (unpaired) electrons. The Morgan fingerprint density at radius 2 is 1.72 bits per heavy atom. The second-order valence-electron chi connectivity index (χ2n) is 6.71. The van der Waals surface area contributed by atoms with Gasteiger partial charge >= 0.3 is 0 Å². The summed E-state index contributed by atoms with van der Waals surface area (Å²) in [5, 5.41) is 11.2. The molecule has 1 saturated carbocycles. The fourth-order valence-corrected chi connectivity index (χ4v) is 4.10. The molecule has 0 bridgehead atoms. The van der Waals surface area contributed by atoms with E-state index in [9.17, 15) is 5.11 Å². The smallest absolute Gasteiger partial charge is 0.0728 e. The summed E-state index contributed by atoms with van der Waals surface area (Å²) >= 11 is 0. The minimum atomic E-state index is -0.512. The lowest BCUT2D eigenvalue weighted by Gasteiger charge is -2.44. The Morgan fingerprint density at radius 3 is 2.28 bits per heavy atom. The van der Waals surface area contributed by atoms with Gasteiger partial charge in [-0.2, -0.15) is 0 Å². The van der Waals surface area contributed by atoms with Crippen LogP contribution in [0.25, 0.3) is 0 Å². The van der Waals surface area contributed by atoms with Crippen molar-refractivity contribution >= 4 is 0 Å². The molecule has 2 rings (SSSR count). The van der Waals surface area contributed by atoms with Crippen LogP contribution in [0.3, 0.4) is 0 Å². The summed E-state index contributed by atoms with van der Waals surface area (Å²) < 4.78 is 0. The van der Waals surface area contributed by atoms with Crippen molar-refractivity contribution in [1.29, 1.82) is 0 Å². The summed E-state index contributed by atoms with van der Waals surface area (Å²) in [7, 11) is 0. The molecule has 2 aliphatic rings. The van der Waals surface area contributed by atoms with Crippen LogP contribution in [0, 0.1) is 5.41 Å². The number of hydrogen-bond donors (Lipinski definition) is 2. The van der Waals surface area contributed by atoms with Gasteiger partial charge in [-0.3, -0.25) is 0 Å². The maximum Gasteiger partial charge on any atom is 0.0728 e. The first-order valence-electron chi connectivity index (χ1n) is 7.69. The molecule has 2 fully saturated rings. The SMILES string of the molecule is CC(C)N1CCCC(O)(C2(CN)CCCC2)CC1. The molecule has 3 heteroatoms. The third-order valence-corrected chi connectivity index (χ3v) is 5.52. The Labute approximate surface area is 112 Å². The van der Waals surface area contributed by atoms with E-state index in [1.165, 1.54) is 12.8 Å². The largest absolute Gasteiger partial charge is 0.389 e. The quantitative estimate of drug-likeness (QED) is 0.811. The molecule has 3 nitrogen and oxygen atoms in total. The fraction of sp³-hybridized carbons (Fsp3) is 1.00. The van der Waals surface area contributed by atoms with E-state index >= 15 is 0 Å². The van der Waals surface area contributed by atoms with E-state index in [2.05, 4.69) is 18.7 Å². The van der Waals surface area contributed by atoms with E-state index in [1.807, 2.05) is 0 Å². The molecule has 0 aromatic heterocycles. The molecule has 0 spiro atoms. The van der Waals surface area contributed by atoms with Crippen LogP contribution in [-0.4, -0.2) is 41.3 Å². The number of likely N-dealkylation sites (tertiary alicyclic amines) is 1. The van der Waals surface area contributed by atoms with Gasteiger partial charge in [-0.05, 0) is 52.5 Å². The van der Waals surface area contributed by atoms with Crippen LogP contribution in [0.4, 0.5) is 0 Å². The zero-order valence-electron chi connectivity index (χ0n) is 12.1. The maximum atomic E-state index is 11.2. The molecule has 0 aromatic carbocycles. The van der Waals surface area contributed by atoms with Crippen LogP contribution in [0.2, 0.25) is 0 Å². The molecule has 0 aromatic rings. The predicted molar refractivity (Wildman–Crippen MR) is 75.5 cm³/mol. The molecular formula is C15H30N2O. The topological polar surface area (TPSA) is 49.5 Å². The van der Waals surface area contributed by atoms with Crippen LogP contribution in [0.5, 0.6) is 0 Å². The highest BCUT2D eigenvalue weighted by molar-refractivity contribution is 5.03. The van der Waals surface area contributed by atoms with Crippen LogP contribution in [-0.2, 0) is 0 Å². The Kier molecular flexibility index (Phi) is 4.35. The Balaban J connectivity index is 2.10. The fourth-order valence-electron chi connectivity index (χ4n) is 4.10. The summed E-state index contributed by atoms with van der Waals surface area (Å²) in [5.74, 6) is 0. The van der Waals surface area contributed by atoms with Crippen molar-refractivity contribution in [3.05, 3.63) is 0 Å². The van der Waals surface area contributed by atoms with Gasteiger partial charge in [0.1, 0.15) is 0 Å². The minimum absolute atomic E-state index is 0.0139. The van der Waals surface area contributed by atoms with E-state index < -0.39 is 5.60 Å². The molecular weight excluding hydrogens is 224 g/mol. The summed E-state index contributed by atoms with van der Waals surface area (Å²) in [6.45, 7) is 7.30. The molecule has 1 heterocycles. The first-order valence-corrected chi connectivity index (χ1v) is 7.69. The van der Waals surface area contributed by atoms with Gasteiger partial charge in [0.15, 0.2) is 0 Å². The van der Waals surface area contributed by atoms with Gasteiger partial charge < -0.3 is 15.7 Å². The van der Waals surface area contributed by atoms with E-state index in [1.54, 1.807) is 0 Å². The third-order valence-electron chi connectivity index (χ3n) is 5.52.